The van der Waals surface area contributed by atoms with E-state index in [1.807, 2.05) is 20.1 Å². The third-order valence-corrected chi connectivity index (χ3v) is 4.26. The highest BCUT2D eigenvalue weighted by molar-refractivity contribution is 7.98. The van der Waals surface area contributed by atoms with E-state index in [0.717, 1.165) is 11.1 Å². The second-order valence-corrected chi connectivity index (χ2v) is 6.26. The molecule has 2 N–H and O–H groups in total. The molecule has 1 aromatic rings. The predicted octanol–water partition coefficient (Wildman–Crippen LogP) is 2.66. The van der Waals surface area contributed by atoms with Crippen LogP contribution in [0, 0.1) is 13.8 Å². The molecule has 0 bridgehead atoms. The molecule has 0 aliphatic heterocycles. The molecule has 0 aliphatic carbocycles. The number of hydrogen-bond acceptors (Lipinski definition) is 4. The molecule has 0 spiro atoms. The third-order valence-electron chi connectivity index (χ3n) is 3.02. The number of ether oxygens (including phenoxy) is 1. The Balaban J connectivity index is 2.56. The second-order valence-electron chi connectivity index (χ2n) is 4.90. The Morgan fingerprint density at radius 2 is 1.95 bits per heavy atom. The van der Waals surface area contributed by atoms with Crippen molar-refractivity contribution in [2.24, 2.45) is 0 Å². The highest BCUT2D eigenvalue weighted by Crippen LogP contribution is 2.25. The Bertz CT molecular complexity index is 527. The van der Waals surface area contributed by atoms with E-state index in [2.05, 4.69) is 5.32 Å². The van der Waals surface area contributed by atoms with Crippen LogP contribution in [0.4, 0.5) is 0 Å². The Morgan fingerprint density at radius 1 is 1.36 bits per heavy atom. The number of thioether (sulfide) groups is 1. The number of hydrogen-bond donors (Lipinski definition) is 2. The lowest BCUT2D eigenvalue weighted by atomic mass is 10.1. The van der Waals surface area contributed by atoms with E-state index in [9.17, 15) is 9.59 Å². The molecule has 0 fully saturated rings. The Kier molecular flexibility index (Phi) is 7.55. The topological polar surface area (TPSA) is 75.6 Å². The molecule has 0 radical (unpaired) electrons. The van der Waals surface area contributed by atoms with E-state index in [-0.39, 0.29) is 6.61 Å². The number of nitrogens with one attached hydrogen (secondary N) is 1. The largest absolute Gasteiger partial charge is 0.484 e. The maximum absolute atomic E-state index is 11.8. The first-order chi connectivity index (χ1) is 10.3. The summed E-state index contributed by atoms with van der Waals surface area (Å²) in [5.41, 5.74) is 1.72. The number of rotatable bonds is 8. The monoisotopic (exact) mass is 345 g/mol. The van der Waals surface area contributed by atoms with E-state index < -0.39 is 17.9 Å². The normalized spacial score (nSPS) is 11.8. The number of carboxylic acids is 1. The summed E-state index contributed by atoms with van der Waals surface area (Å²) in [5, 5.41) is 12.2. The number of benzene rings is 1. The summed E-state index contributed by atoms with van der Waals surface area (Å²) in [6, 6.07) is 2.59. The molecule has 7 heteroatoms. The van der Waals surface area contributed by atoms with Crippen LogP contribution >= 0.6 is 23.4 Å². The van der Waals surface area contributed by atoms with Crippen molar-refractivity contribution in [3.05, 3.63) is 28.3 Å². The maximum Gasteiger partial charge on any atom is 0.326 e. The average Bonchev–Trinajstić information content (AvgIpc) is 2.46. The smallest absolute Gasteiger partial charge is 0.326 e. The molecular formula is C15H20ClNO4S. The van der Waals surface area contributed by atoms with Gasteiger partial charge in [-0.15, -0.1) is 0 Å². The summed E-state index contributed by atoms with van der Waals surface area (Å²) >= 11 is 7.59. The van der Waals surface area contributed by atoms with Crippen LogP contribution in [0.3, 0.4) is 0 Å². The second kappa shape index (κ2) is 8.90. The zero-order chi connectivity index (χ0) is 16.7. The number of carbonyl (C=O) groups is 2. The van der Waals surface area contributed by atoms with Crippen LogP contribution < -0.4 is 10.1 Å². The van der Waals surface area contributed by atoms with Crippen LogP contribution in [0.1, 0.15) is 17.5 Å². The first-order valence-corrected chi connectivity index (χ1v) is 8.53. The van der Waals surface area contributed by atoms with Gasteiger partial charge in [0.05, 0.1) is 0 Å². The molecule has 0 heterocycles. The van der Waals surface area contributed by atoms with Crippen LogP contribution in [0.15, 0.2) is 12.1 Å². The van der Waals surface area contributed by atoms with Gasteiger partial charge in [-0.25, -0.2) is 4.79 Å². The predicted molar refractivity (Wildman–Crippen MR) is 89.0 cm³/mol. The van der Waals surface area contributed by atoms with E-state index in [1.54, 1.807) is 12.1 Å². The zero-order valence-corrected chi connectivity index (χ0v) is 14.4. The first kappa shape index (κ1) is 18.6. The molecule has 5 nitrogen and oxygen atoms in total. The minimum absolute atomic E-state index is 0.233. The third kappa shape index (κ3) is 5.77. The fraction of sp³-hybridized carbons (Fsp3) is 0.467. The Morgan fingerprint density at radius 3 is 2.45 bits per heavy atom. The minimum Gasteiger partial charge on any atom is -0.484 e. The van der Waals surface area contributed by atoms with E-state index in [4.69, 9.17) is 21.4 Å². The molecule has 1 atom stereocenters. The molecule has 1 aromatic carbocycles. The van der Waals surface area contributed by atoms with Gasteiger partial charge in [-0.2, -0.15) is 11.8 Å². The van der Waals surface area contributed by atoms with E-state index >= 15 is 0 Å². The van der Waals surface area contributed by atoms with Crippen molar-refractivity contribution in [2.75, 3.05) is 18.6 Å². The van der Waals surface area contributed by atoms with Gasteiger partial charge in [0, 0.05) is 5.02 Å². The van der Waals surface area contributed by atoms with E-state index in [0.29, 0.717) is 22.9 Å². The summed E-state index contributed by atoms with van der Waals surface area (Å²) in [5.74, 6) is -0.307. The molecule has 22 heavy (non-hydrogen) atoms. The van der Waals surface area contributed by atoms with Crippen LogP contribution in [0.2, 0.25) is 5.02 Å². The van der Waals surface area contributed by atoms with Gasteiger partial charge in [0.1, 0.15) is 11.8 Å². The quantitative estimate of drug-likeness (QED) is 0.757. The Labute approximate surface area is 139 Å². The minimum atomic E-state index is -1.04. The fourth-order valence-electron chi connectivity index (χ4n) is 1.87. The van der Waals surface area contributed by atoms with Crippen molar-refractivity contribution in [3.8, 4) is 5.75 Å². The van der Waals surface area contributed by atoms with Crippen LogP contribution in [0.25, 0.3) is 0 Å². The molecule has 122 valence electrons. The van der Waals surface area contributed by atoms with Crippen molar-refractivity contribution in [2.45, 2.75) is 26.3 Å². The molecule has 0 aromatic heterocycles. The molecular weight excluding hydrogens is 326 g/mol. The standard InChI is InChI=1S/C15H20ClNO4S/c1-9-6-11(7-10(2)14(9)16)21-8-13(18)17-12(15(19)20)4-5-22-3/h6-7,12H,4-5,8H2,1-3H3,(H,17,18)(H,19,20)/t12-/m0/s1. The van der Waals surface area contributed by atoms with Crippen molar-refractivity contribution < 1.29 is 19.4 Å². The maximum atomic E-state index is 11.8. The van der Waals surface area contributed by atoms with Crippen LogP contribution in [0.5, 0.6) is 5.75 Å². The summed E-state index contributed by atoms with van der Waals surface area (Å²) in [6.45, 7) is 3.47. The summed E-state index contributed by atoms with van der Waals surface area (Å²) < 4.78 is 5.40. The fourth-order valence-corrected chi connectivity index (χ4v) is 2.45. The van der Waals surface area contributed by atoms with Crippen LogP contribution in [-0.4, -0.2) is 41.6 Å². The summed E-state index contributed by atoms with van der Waals surface area (Å²) in [6.07, 6.45) is 2.26. The SMILES string of the molecule is CSCC[C@H](NC(=O)COc1cc(C)c(Cl)c(C)c1)C(=O)O. The lowest BCUT2D eigenvalue weighted by Gasteiger charge is -2.15. The van der Waals surface area contributed by atoms with Gasteiger partial charge in [-0.1, -0.05) is 11.6 Å². The lowest BCUT2D eigenvalue weighted by molar-refractivity contribution is -0.142. The number of carbonyl (C=O) groups excluding carboxylic acids is 1. The van der Waals surface area contributed by atoms with E-state index in [1.165, 1.54) is 11.8 Å². The van der Waals surface area contributed by atoms with Gasteiger partial charge >= 0.3 is 5.97 Å². The van der Waals surface area contributed by atoms with Gasteiger partial charge < -0.3 is 15.2 Å². The number of halogens is 1. The zero-order valence-electron chi connectivity index (χ0n) is 12.8. The Hall–Kier alpha value is -1.40. The van der Waals surface area contributed by atoms with Gasteiger partial charge in [0.2, 0.25) is 0 Å². The van der Waals surface area contributed by atoms with Crippen molar-refractivity contribution in [3.63, 3.8) is 0 Å². The molecule has 0 aliphatic rings. The highest BCUT2D eigenvalue weighted by atomic mass is 35.5. The van der Waals surface area contributed by atoms with Crippen LogP contribution in [-0.2, 0) is 9.59 Å². The number of aliphatic carboxylic acids is 1. The highest BCUT2D eigenvalue weighted by Gasteiger charge is 2.19. The van der Waals surface area contributed by atoms with Gasteiger partial charge in [0.15, 0.2) is 6.61 Å². The first-order valence-electron chi connectivity index (χ1n) is 6.75. The number of amides is 1. The number of aryl methyl sites for hydroxylation is 2. The van der Waals surface area contributed by atoms with Gasteiger partial charge in [-0.05, 0) is 55.5 Å². The molecule has 0 unspecified atom stereocenters. The number of carboxylic acid groups (broad SMARTS) is 1. The van der Waals surface area contributed by atoms with Gasteiger partial charge in [0.25, 0.3) is 5.91 Å². The molecule has 1 rings (SSSR count). The van der Waals surface area contributed by atoms with Crippen molar-refractivity contribution in [1.29, 1.82) is 0 Å². The molecule has 0 saturated carbocycles. The van der Waals surface area contributed by atoms with Gasteiger partial charge in [-0.3, -0.25) is 4.79 Å². The lowest BCUT2D eigenvalue weighted by Crippen LogP contribution is -2.43. The summed E-state index contributed by atoms with van der Waals surface area (Å²) in [7, 11) is 0. The van der Waals surface area contributed by atoms with Crippen molar-refractivity contribution in [1.82, 2.24) is 5.32 Å². The molecule has 1 amide bonds. The molecule has 0 saturated heterocycles. The summed E-state index contributed by atoms with van der Waals surface area (Å²) in [4.78, 5) is 22.9. The van der Waals surface area contributed by atoms with Crippen molar-refractivity contribution >= 4 is 35.2 Å². The average molecular weight is 346 g/mol.